The van der Waals surface area contributed by atoms with Gasteiger partial charge in [-0.25, -0.2) is 4.98 Å². The van der Waals surface area contributed by atoms with Crippen LogP contribution in [-0.2, 0) is 11.2 Å². The molecule has 1 aromatic heterocycles. The van der Waals surface area contributed by atoms with Crippen LogP contribution in [0.25, 0.3) is 11.5 Å². The molecule has 0 saturated carbocycles. The van der Waals surface area contributed by atoms with Crippen LogP contribution in [-0.4, -0.2) is 30.0 Å². The predicted octanol–water partition coefficient (Wildman–Crippen LogP) is 3.12. The maximum absolute atomic E-state index is 12.2. The second-order valence-electron chi connectivity index (χ2n) is 6.63. The van der Waals surface area contributed by atoms with Crippen molar-refractivity contribution in [3.63, 3.8) is 0 Å². The van der Waals surface area contributed by atoms with Crippen LogP contribution in [0.15, 0.2) is 34.9 Å². The Balaban J connectivity index is 0.00000225. The monoisotopic (exact) mass is 363 g/mol. The first-order valence-corrected chi connectivity index (χ1v) is 8.64. The number of hydrogen-bond donors (Lipinski definition) is 2. The smallest absolute Gasteiger partial charge is 0.226 e. The average Bonchev–Trinajstić information content (AvgIpc) is 3.04. The molecule has 25 heavy (non-hydrogen) atoms. The number of rotatable bonds is 5. The van der Waals surface area contributed by atoms with Gasteiger partial charge in [-0.2, -0.15) is 0 Å². The lowest BCUT2D eigenvalue weighted by molar-refractivity contribution is -0.126. The highest BCUT2D eigenvalue weighted by Crippen LogP contribution is 2.19. The van der Waals surface area contributed by atoms with Crippen molar-refractivity contribution < 1.29 is 9.21 Å². The van der Waals surface area contributed by atoms with Crippen molar-refractivity contribution >= 4 is 18.3 Å². The molecule has 0 spiro atoms. The van der Waals surface area contributed by atoms with E-state index in [2.05, 4.69) is 29.5 Å². The lowest BCUT2D eigenvalue weighted by Gasteiger charge is -2.27. The first-order valence-electron chi connectivity index (χ1n) is 8.64. The van der Waals surface area contributed by atoms with Gasteiger partial charge in [0.15, 0.2) is 0 Å². The molecular weight excluding hydrogens is 338 g/mol. The van der Waals surface area contributed by atoms with Gasteiger partial charge in [-0.15, -0.1) is 12.4 Å². The molecule has 1 saturated heterocycles. The minimum atomic E-state index is 0. The molecule has 1 amide bonds. The summed E-state index contributed by atoms with van der Waals surface area (Å²) >= 11 is 0. The lowest BCUT2D eigenvalue weighted by atomic mass is 9.92. The van der Waals surface area contributed by atoms with Crippen molar-refractivity contribution in [1.82, 2.24) is 15.6 Å². The normalized spacial score (nSPS) is 19.9. The summed E-state index contributed by atoms with van der Waals surface area (Å²) < 4.78 is 5.55. The van der Waals surface area contributed by atoms with Gasteiger partial charge in [-0.05, 0) is 45.4 Å². The number of halogens is 1. The van der Waals surface area contributed by atoms with Gasteiger partial charge in [0.05, 0.1) is 5.69 Å². The molecule has 5 nitrogen and oxygen atoms in total. The third-order valence-corrected chi connectivity index (χ3v) is 4.53. The van der Waals surface area contributed by atoms with E-state index in [1.165, 1.54) is 5.56 Å². The zero-order chi connectivity index (χ0) is 16.9. The highest BCUT2D eigenvalue weighted by molar-refractivity contribution is 5.85. The fourth-order valence-corrected chi connectivity index (χ4v) is 3.08. The summed E-state index contributed by atoms with van der Waals surface area (Å²) in [4.78, 5) is 16.7. The molecule has 136 valence electrons. The van der Waals surface area contributed by atoms with Gasteiger partial charge in [0, 0.05) is 30.5 Å². The Morgan fingerprint density at radius 3 is 2.84 bits per heavy atom. The molecule has 0 aliphatic carbocycles. The fraction of sp³-hybridized carbons (Fsp3) is 0.474. The van der Waals surface area contributed by atoms with Crippen molar-refractivity contribution in [2.24, 2.45) is 5.92 Å². The summed E-state index contributed by atoms with van der Waals surface area (Å²) in [5, 5.41) is 6.40. The van der Waals surface area contributed by atoms with Crippen LogP contribution in [0.3, 0.4) is 0 Å². The number of aromatic nitrogens is 1. The van der Waals surface area contributed by atoms with Crippen LogP contribution in [0.2, 0.25) is 0 Å². The van der Waals surface area contributed by atoms with E-state index in [4.69, 9.17) is 4.42 Å². The molecule has 0 bridgehead atoms. The molecule has 2 atom stereocenters. The summed E-state index contributed by atoms with van der Waals surface area (Å²) in [5.41, 5.74) is 3.05. The number of benzene rings is 1. The number of nitrogens with zero attached hydrogens (tertiary/aromatic N) is 1. The minimum absolute atomic E-state index is 0. The number of piperidine rings is 1. The Morgan fingerprint density at radius 2 is 2.12 bits per heavy atom. The average molecular weight is 364 g/mol. The summed E-state index contributed by atoms with van der Waals surface area (Å²) in [6.07, 6.45) is 4.18. The van der Waals surface area contributed by atoms with E-state index >= 15 is 0 Å². The third kappa shape index (κ3) is 5.31. The number of carbonyl (C=O) groups excluding carboxylic acids is 1. The highest BCUT2D eigenvalue weighted by Gasteiger charge is 2.24. The Labute approximate surface area is 155 Å². The molecular formula is C19H26ClN3O2. The van der Waals surface area contributed by atoms with Crippen LogP contribution >= 0.6 is 12.4 Å². The summed E-state index contributed by atoms with van der Waals surface area (Å²) in [7, 11) is 0. The van der Waals surface area contributed by atoms with E-state index in [0.717, 1.165) is 30.6 Å². The van der Waals surface area contributed by atoms with Crippen LogP contribution in [0.4, 0.5) is 0 Å². The zero-order valence-electron chi connectivity index (χ0n) is 14.7. The van der Waals surface area contributed by atoms with E-state index in [9.17, 15) is 4.79 Å². The standard InChI is InChI=1S/C19H25N3O2.ClH/c1-13-3-5-15(6-4-13)19-22-17(12-24-19)8-10-21-18(23)16-7-9-20-14(2)11-16;/h3-6,12,14,16,20H,7-11H2,1-2H3,(H,21,23);1H/t14-,16-;/m0./s1. The second kappa shape index (κ2) is 9.02. The quantitative estimate of drug-likeness (QED) is 0.856. The van der Waals surface area contributed by atoms with Crippen molar-refractivity contribution in [3.05, 3.63) is 41.8 Å². The Bertz CT molecular complexity index is 684. The van der Waals surface area contributed by atoms with Gasteiger partial charge in [0.1, 0.15) is 6.26 Å². The van der Waals surface area contributed by atoms with E-state index in [0.29, 0.717) is 24.9 Å². The minimum Gasteiger partial charge on any atom is -0.444 e. The van der Waals surface area contributed by atoms with Crippen LogP contribution in [0.5, 0.6) is 0 Å². The van der Waals surface area contributed by atoms with Crippen molar-refractivity contribution in [2.45, 2.75) is 39.2 Å². The Hall–Kier alpha value is -1.85. The first-order chi connectivity index (χ1) is 11.6. The molecule has 2 heterocycles. The molecule has 1 aromatic carbocycles. The molecule has 0 radical (unpaired) electrons. The maximum Gasteiger partial charge on any atom is 0.226 e. The summed E-state index contributed by atoms with van der Waals surface area (Å²) in [6, 6.07) is 8.51. The van der Waals surface area contributed by atoms with Crippen molar-refractivity contribution in [3.8, 4) is 11.5 Å². The number of nitrogens with one attached hydrogen (secondary N) is 2. The number of oxazole rings is 1. The van der Waals surface area contributed by atoms with Gasteiger partial charge in [0.2, 0.25) is 11.8 Å². The second-order valence-corrected chi connectivity index (χ2v) is 6.63. The van der Waals surface area contributed by atoms with Gasteiger partial charge in [0.25, 0.3) is 0 Å². The number of aryl methyl sites for hydroxylation is 1. The molecule has 2 N–H and O–H groups in total. The van der Waals surface area contributed by atoms with Crippen molar-refractivity contribution in [2.75, 3.05) is 13.1 Å². The van der Waals surface area contributed by atoms with Crippen LogP contribution < -0.4 is 10.6 Å². The molecule has 2 aromatic rings. The predicted molar refractivity (Wildman–Crippen MR) is 101 cm³/mol. The molecule has 1 fully saturated rings. The Morgan fingerprint density at radius 1 is 1.36 bits per heavy atom. The largest absolute Gasteiger partial charge is 0.444 e. The number of amides is 1. The maximum atomic E-state index is 12.2. The number of hydrogen-bond acceptors (Lipinski definition) is 4. The van der Waals surface area contributed by atoms with Crippen molar-refractivity contribution in [1.29, 1.82) is 0 Å². The SMILES string of the molecule is Cc1ccc(-c2nc(CCNC(=O)[C@H]3CCN[C@@H](C)C3)co2)cc1.Cl. The van der Waals surface area contributed by atoms with Gasteiger partial charge < -0.3 is 15.1 Å². The van der Waals surface area contributed by atoms with Gasteiger partial charge >= 0.3 is 0 Å². The molecule has 1 aliphatic heterocycles. The summed E-state index contributed by atoms with van der Waals surface area (Å²) in [6.45, 7) is 5.69. The third-order valence-electron chi connectivity index (χ3n) is 4.53. The van der Waals surface area contributed by atoms with Crippen LogP contribution in [0, 0.1) is 12.8 Å². The topological polar surface area (TPSA) is 67.2 Å². The van der Waals surface area contributed by atoms with E-state index < -0.39 is 0 Å². The zero-order valence-corrected chi connectivity index (χ0v) is 15.6. The van der Waals surface area contributed by atoms with Gasteiger partial charge in [-0.1, -0.05) is 17.7 Å². The summed E-state index contributed by atoms with van der Waals surface area (Å²) in [5.74, 6) is 0.913. The molecule has 6 heteroatoms. The lowest BCUT2D eigenvalue weighted by Crippen LogP contribution is -2.42. The number of carbonyl (C=O) groups is 1. The van der Waals surface area contributed by atoms with Crippen LogP contribution in [0.1, 0.15) is 31.0 Å². The first kappa shape index (κ1) is 19.5. The highest BCUT2D eigenvalue weighted by atomic mass is 35.5. The molecule has 0 unspecified atom stereocenters. The van der Waals surface area contributed by atoms with Gasteiger partial charge in [-0.3, -0.25) is 4.79 Å². The Kier molecular flexibility index (Phi) is 7.02. The fourth-order valence-electron chi connectivity index (χ4n) is 3.08. The van der Waals surface area contributed by atoms with E-state index in [-0.39, 0.29) is 24.2 Å². The van der Waals surface area contributed by atoms with E-state index in [1.54, 1.807) is 6.26 Å². The van der Waals surface area contributed by atoms with E-state index in [1.807, 2.05) is 24.3 Å². The molecule has 1 aliphatic rings. The molecule has 3 rings (SSSR count).